The lowest BCUT2D eigenvalue weighted by molar-refractivity contribution is -0.106. The Morgan fingerprint density at radius 3 is 2.70 bits per heavy atom. The highest BCUT2D eigenvalue weighted by Gasteiger charge is 2.39. The molecule has 2 heterocycles. The molecular formula is C12H17Br2NO3S2. The van der Waals surface area contributed by atoms with Gasteiger partial charge in [0.15, 0.2) is 0 Å². The molecule has 20 heavy (non-hydrogen) atoms. The number of hydrogen-bond acceptors (Lipinski definition) is 4. The molecule has 1 aromatic rings. The van der Waals surface area contributed by atoms with Crippen LogP contribution >= 0.6 is 43.2 Å². The highest BCUT2D eigenvalue weighted by atomic mass is 79.9. The van der Waals surface area contributed by atoms with Crippen LogP contribution in [0, 0.1) is 6.92 Å². The molecule has 0 bridgehead atoms. The third-order valence-electron chi connectivity index (χ3n) is 3.08. The summed E-state index contributed by atoms with van der Waals surface area (Å²) in [7, 11) is -3.47. The van der Waals surface area contributed by atoms with Gasteiger partial charge in [-0.3, -0.25) is 0 Å². The molecule has 1 aromatic heterocycles. The Labute approximate surface area is 140 Å². The van der Waals surface area contributed by atoms with E-state index in [1.807, 2.05) is 20.8 Å². The van der Waals surface area contributed by atoms with Crippen molar-refractivity contribution in [3.63, 3.8) is 0 Å². The molecule has 0 amide bonds. The second-order valence-electron chi connectivity index (χ2n) is 5.42. The van der Waals surface area contributed by atoms with Crippen molar-refractivity contribution in [1.82, 2.24) is 4.31 Å². The van der Waals surface area contributed by atoms with Crippen molar-refractivity contribution in [1.29, 1.82) is 0 Å². The SMILES string of the molecule is Cc1sc(Br)cc1S(=O)(=O)N1CC(CBr)OC(C)(C)C1. The predicted octanol–water partition coefficient (Wildman–Crippen LogP) is 3.38. The molecule has 0 spiro atoms. The quantitative estimate of drug-likeness (QED) is 0.668. The number of halogens is 2. The number of hydrogen-bond donors (Lipinski definition) is 0. The van der Waals surface area contributed by atoms with Gasteiger partial charge in [-0.15, -0.1) is 11.3 Å². The Morgan fingerprint density at radius 1 is 1.55 bits per heavy atom. The van der Waals surface area contributed by atoms with Gasteiger partial charge in [0.1, 0.15) is 0 Å². The summed E-state index contributed by atoms with van der Waals surface area (Å²) in [5.74, 6) is 0. The Morgan fingerprint density at radius 2 is 2.20 bits per heavy atom. The van der Waals surface area contributed by atoms with Crippen LogP contribution in [0.5, 0.6) is 0 Å². The van der Waals surface area contributed by atoms with Crippen molar-refractivity contribution in [3.8, 4) is 0 Å². The maximum Gasteiger partial charge on any atom is 0.244 e. The van der Waals surface area contributed by atoms with E-state index in [1.54, 1.807) is 6.07 Å². The summed E-state index contributed by atoms with van der Waals surface area (Å²) in [6.07, 6.45) is -0.129. The van der Waals surface area contributed by atoms with Crippen molar-refractivity contribution in [2.45, 2.75) is 37.4 Å². The lowest BCUT2D eigenvalue weighted by Gasteiger charge is -2.41. The highest BCUT2D eigenvalue weighted by molar-refractivity contribution is 9.11. The fourth-order valence-corrected chi connectivity index (χ4v) is 6.67. The molecule has 0 N–H and O–H groups in total. The third kappa shape index (κ3) is 3.47. The number of alkyl halides is 1. The van der Waals surface area contributed by atoms with Crippen LogP contribution in [0.15, 0.2) is 14.7 Å². The molecule has 1 aliphatic heterocycles. The minimum absolute atomic E-state index is 0.129. The number of nitrogens with zero attached hydrogens (tertiary/aromatic N) is 1. The number of aryl methyl sites for hydroxylation is 1. The highest BCUT2D eigenvalue weighted by Crippen LogP contribution is 2.34. The van der Waals surface area contributed by atoms with E-state index in [0.717, 1.165) is 8.66 Å². The molecule has 0 aliphatic carbocycles. The lowest BCUT2D eigenvalue weighted by atomic mass is 10.1. The molecule has 0 radical (unpaired) electrons. The molecule has 1 fully saturated rings. The van der Waals surface area contributed by atoms with Crippen LogP contribution in [0.4, 0.5) is 0 Å². The second-order valence-corrected chi connectivity index (χ2v) is 10.6. The van der Waals surface area contributed by atoms with E-state index in [0.29, 0.717) is 23.3 Å². The normalized spacial score (nSPS) is 23.9. The van der Waals surface area contributed by atoms with E-state index in [-0.39, 0.29) is 6.10 Å². The summed E-state index contributed by atoms with van der Waals surface area (Å²) in [5, 5.41) is 0.620. The van der Waals surface area contributed by atoms with E-state index in [2.05, 4.69) is 31.9 Å². The number of thiophene rings is 1. The first kappa shape index (κ1) is 16.9. The summed E-state index contributed by atoms with van der Waals surface area (Å²) >= 11 is 8.17. The van der Waals surface area contributed by atoms with Gasteiger partial charge in [0, 0.05) is 23.3 Å². The van der Waals surface area contributed by atoms with Crippen LogP contribution in [0.2, 0.25) is 0 Å². The van der Waals surface area contributed by atoms with E-state index in [1.165, 1.54) is 15.6 Å². The summed E-state index contributed by atoms with van der Waals surface area (Å²) < 4.78 is 33.8. The fraction of sp³-hybridized carbons (Fsp3) is 0.667. The maximum absolute atomic E-state index is 12.8. The first-order chi connectivity index (χ1) is 9.15. The first-order valence-corrected chi connectivity index (χ1v) is 10.3. The van der Waals surface area contributed by atoms with Gasteiger partial charge < -0.3 is 4.74 Å². The molecule has 1 aliphatic rings. The Balaban J connectivity index is 2.36. The monoisotopic (exact) mass is 445 g/mol. The molecule has 114 valence electrons. The minimum Gasteiger partial charge on any atom is -0.369 e. The summed E-state index contributed by atoms with van der Waals surface area (Å²) in [5.41, 5.74) is -0.481. The lowest BCUT2D eigenvalue weighted by Crippen LogP contribution is -2.55. The Bertz CT molecular complexity index is 598. The summed E-state index contributed by atoms with van der Waals surface area (Å²) in [6, 6.07) is 1.68. The van der Waals surface area contributed by atoms with Crippen LogP contribution in [-0.4, -0.2) is 42.8 Å². The van der Waals surface area contributed by atoms with Crippen LogP contribution in [0.3, 0.4) is 0 Å². The molecular weight excluding hydrogens is 430 g/mol. The predicted molar refractivity (Wildman–Crippen MR) is 88.3 cm³/mol. The standard InChI is InChI=1S/C12H17Br2NO3S2/c1-8-10(4-11(14)19-8)20(16,17)15-6-9(5-13)18-12(2,3)7-15/h4,9H,5-7H2,1-3H3. The second kappa shape index (κ2) is 5.96. The van der Waals surface area contributed by atoms with Crippen molar-refractivity contribution in [3.05, 3.63) is 14.7 Å². The van der Waals surface area contributed by atoms with E-state index < -0.39 is 15.6 Å². The Kier molecular flexibility index (Phi) is 5.04. The zero-order chi connectivity index (χ0) is 15.1. The van der Waals surface area contributed by atoms with E-state index >= 15 is 0 Å². The van der Waals surface area contributed by atoms with Crippen LogP contribution < -0.4 is 0 Å². The average Bonchev–Trinajstić information content (AvgIpc) is 2.67. The summed E-state index contributed by atoms with van der Waals surface area (Å²) in [6.45, 7) is 6.41. The maximum atomic E-state index is 12.8. The molecule has 1 atom stereocenters. The minimum atomic E-state index is -3.47. The van der Waals surface area contributed by atoms with Crippen LogP contribution in [0.25, 0.3) is 0 Å². The number of morpholine rings is 1. The van der Waals surface area contributed by atoms with Gasteiger partial charge in [0.05, 0.1) is 20.4 Å². The number of rotatable bonds is 3. The smallest absolute Gasteiger partial charge is 0.244 e. The Hall–Kier alpha value is 0.530. The van der Waals surface area contributed by atoms with E-state index in [9.17, 15) is 8.42 Å². The van der Waals surface area contributed by atoms with Crippen LogP contribution in [0.1, 0.15) is 18.7 Å². The topological polar surface area (TPSA) is 46.6 Å². The first-order valence-electron chi connectivity index (χ1n) is 6.15. The van der Waals surface area contributed by atoms with Crippen molar-refractivity contribution in [2.24, 2.45) is 0 Å². The van der Waals surface area contributed by atoms with Crippen molar-refractivity contribution >= 4 is 53.2 Å². The molecule has 1 unspecified atom stereocenters. The van der Waals surface area contributed by atoms with Gasteiger partial charge >= 0.3 is 0 Å². The average molecular weight is 447 g/mol. The summed E-state index contributed by atoms with van der Waals surface area (Å²) in [4.78, 5) is 1.19. The molecule has 4 nitrogen and oxygen atoms in total. The van der Waals surface area contributed by atoms with Gasteiger partial charge in [-0.05, 0) is 42.8 Å². The zero-order valence-corrected chi connectivity index (χ0v) is 16.3. The molecule has 0 saturated carbocycles. The van der Waals surface area contributed by atoms with Gasteiger partial charge in [-0.25, -0.2) is 8.42 Å². The number of ether oxygens (including phenoxy) is 1. The van der Waals surface area contributed by atoms with Gasteiger partial charge in [0.25, 0.3) is 0 Å². The fourth-order valence-electron chi connectivity index (χ4n) is 2.33. The zero-order valence-electron chi connectivity index (χ0n) is 11.5. The molecule has 8 heteroatoms. The van der Waals surface area contributed by atoms with Crippen molar-refractivity contribution < 1.29 is 13.2 Å². The van der Waals surface area contributed by atoms with Gasteiger partial charge in [0.2, 0.25) is 10.0 Å². The largest absolute Gasteiger partial charge is 0.369 e. The van der Waals surface area contributed by atoms with Gasteiger partial charge in [-0.2, -0.15) is 4.31 Å². The van der Waals surface area contributed by atoms with Gasteiger partial charge in [-0.1, -0.05) is 15.9 Å². The molecule has 0 aromatic carbocycles. The molecule has 2 rings (SSSR count). The third-order valence-corrected chi connectivity index (χ3v) is 7.42. The number of sulfonamides is 1. The van der Waals surface area contributed by atoms with Crippen LogP contribution in [-0.2, 0) is 14.8 Å². The van der Waals surface area contributed by atoms with E-state index in [4.69, 9.17) is 4.74 Å². The van der Waals surface area contributed by atoms with Crippen molar-refractivity contribution in [2.75, 3.05) is 18.4 Å². The molecule has 1 saturated heterocycles.